The zero-order valence-corrected chi connectivity index (χ0v) is 12.1. The van der Waals surface area contributed by atoms with Crippen LogP contribution in [0.3, 0.4) is 0 Å². The summed E-state index contributed by atoms with van der Waals surface area (Å²) < 4.78 is 0. The van der Waals surface area contributed by atoms with Crippen LogP contribution >= 0.6 is 23.2 Å². The van der Waals surface area contributed by atoms with E-state index in [4.69, 9.17) is 23.2 Å². The highest BCUT2D eigenvalue weighted by Gasteiger charge is 2.06. The minimum absolute atomic E-state index is 0.168. The molecule has 17 heavy (non-hydrogen) atoms. The van der Waals surface area contributed by atoms with Crippen LogP contribution in [0.25, 0.3) is 0 Å². The highest BCUT2D eigenvalue weighted by atomic mass is 35.5. The van der Waals surface area contributed by atoms with E-state index >= 15 is 0 Å². The molecule has 0 unspecified atom stereocenters. The lowest BCUT2D eigenvalue weighted by molar-refractivity contribution is 0.421. The van der Waals surface area contributed by atoms with E-state index in [1.807, 2.05) is 12.1 Å². The maximum absolute atomic E-state index is 5.93. The summed E-state index contributed by atoms with van der Waals surface area (Å²) in [6.45, 7) is 9.11. The van der Waals surface area contributed by atoms with E-state index in [1.165, 1.54) is 0 Å². The average Bonchev–Trinajstić information content (AvgIpc) is 2.13. The number of rotatable bonds is 5. The zero-order valence-electron chi connectivity index (χ0n) is 10.6. The number of hydrogen-bond donors (Lipinski definition) is 2. The van der Waals surface area contributed by atoms with Crippen molar-refractivity contribution in [1.29, 1.82) is 0 Å². The van der Waals surface area contributed by atoms with Gasteiger partial charge in [0.15, 0.2) is 0 Å². The summed E-state index contributed by atoms with van der Waals surface area (Å²) in [5, 5.41) is 8.13. The Morgan fingerprint density at radius 3 is 2.12 bits per heavy atom. The standard InChI is InChI=1S/C13H20Cl2N2/c1-13(2,3)17-5-4-16-9-10-6-11(14)8-12(15)7-10/h6-8,16-17H,4-5,9H2,1-3H3. The lowest BCUT2D eigenvalue weighted by Gasteiger charge is -2.20. The fourth-order valence-corrected chi connectivity index (χ4v) is 2.04. The van der Waals surface area contributed by atoms with Crippen molar-refractivity contribution in [3.63, 3.8) is 0 Å². The molecule has 1 rings (SSSR count). The van der Waals surface area contributed by atoms with E-state index in [9.17, 15) is 0 Å². The van der Waals surface area contributed by atoms with Crippen LogP contribution in [0.1, 0.15) is 26.3 Å². The molecule has 0 radical (unpaired) electrons. The van der Waals surface area contributed by atoms with Gasteiger partial charge in [-0.05, 0) is 44.5 Å². The summed E-state index contributed by atoms with van der Waals surface area (Å²) in [6, 6.07) is 5.60. The largest absolute Gasteiger partial charge is 0.311 e. The Bertz CT molecular complexity index is 339. The molecule has 1 aromatic rings. The molecule has 0 saturated carbocycles. The van der Waals surface area contributed by atoms with Gasteiger partial charge in [0, 0.05) is 35.2 Å². The third-order valence-corrected chi connectivity index (χ3v) is 2.65. The first-order chi connectivity index (χ1) is 7.87. The second-order valence-corrected chi connectivity index (χ2v) is 6.00. The van der Waals surface area contributed by atoms with Crippen molar-refractivity contribution in [2.75, 3.05) is 13.1 Å². The number of hydrogen-bond acceptors (Lipinski definition) is 2. The van der Waals surface area contributed by atoms with Crippen molar-refractivity contribution >= 4 is 23.2 Å². The quantitative estimate of drug-likeness (QED) is 0.804. The molecule has 0 aliphatic rings. The molecule has 1 aromatic carbocycles. The van der Waals surface area contributed by atoms with Crippen LogP contribution < -0.4 is 10.6 Å². The van der Waals surface area contributed by atoms with Gasteiger partial charge < -0.3 is 10.6 Å². The Morgan fingerprint density at radius 1 is 1.00 bits per heavy atom. The fraction of sp³-hybridized carbons (Fsp3) is 0.538. The van der Waals surface area contributed by atoms with Crippen LogP contribution in [0, 0.1) is 0 Å². The molecule has 0 aliphatic carbocycles. The predicted octanol–water partition coefficient (Wildman–Crippen LogP) is 3.47. The van der Waals surface area contributed by atoms with Crippen LogP contribution in [0.4, 0.5) is 0 Å². The SMILES string of the molecule is CC(C)(C)NCCNCc1cc(Cl)cc(Cl)c1. The van der Waals surface area contributed by atoms with Gasteiger partial charge in [0.2, 0.25) is 0 Å². The van der Waals surface area contributed by atoms with Gasteiger partial charge in [0.05, 0.1) is 0 Å². The molecule has 0 bridgehead atoms. The maximum atomic E-state index is 5.93. The smallest absolute Gasteiger partial charge is 0.0424 e. The number of halogens is 2. The number of nitrogens with one attached hydrogen (secondary N) is 2. The molecule has 2 nitrogen and oxygen atoms in total. The first-order valence-electron chi connectivity index (χ1n) is 5.77. The summed E-state index contributed by atoms with van der Waals surface area (Å²) in [7, 11) is 0. The highest BCUT2D eigenvalue weighted by Crippen LogP contribution is 2.18. The molecule has 0 aromatic heterocycles. The topological polar surface area (TPSA) is 24.1 Å². The molecular weight excluding hydrogens is 255 g/mol. The third kappa shape index (κ3) is 6.89. The van der Waals surface area contributed by atoms with Crippen molar-refractivity contribution < 1.29 is 0 Å². The van der Waals surface area contributed by atoms with E-state index in [0.29, 0.717) is 10.0 Å². The Labute approximate surface area is 114 Å². The lowest BCUT2D eigenvalue weighted by Crippen LogP contribution is -2.40. The van der Waals surface area contributed by atoms with Gasteiger partial charge in [0.25, 0.3) is 0 Å². The Morgan fingerprint density at radius 2 is 1.59 bits per heavy atom. The highest BCUT2D eigenvalue weighted by molar-refractivity contribution is 6.34. The van der Waals surface area contributed by atoms with Crippen molar-refractivity contribution in [1.82, 2.24) is 10.6 Å². The minimum atomic E-state index is 0.168. The summed E-state index contributed by atoms with van der Waals surface area (Å²) >= 11 is 11.9. The second-order valence-electron chi connectivity index (χ2n) is 5.13. The summed E-state index contributed by atoms with van der Waals surface area (Å²) in [5.41, 5.74) is 1.28. The first-order valence-corrected chi connectivity index (χ1v) is 6.53. The van der Waals surface area contributed by atoms with E-state index in [1.54, 1.807) is 6.07 Å². The third-order valence-electron chi connectivity index (χ3n) is 2.21. The molecule has 0 aliphatic heterocycles. The summed E-state index contributed by atoms with van der Waals surface area (Å²) in [5.74, 6) is 0. The van der Waals surface area contributed by atoms with Crippen LogP contribution in [0.15, 0.2) is 18.2 Å². The van der Waals surface area contributed by atoms with Crippen LogP contribution in [-0.2, 0) is 6.54 Å². The van der Waals surface area contributed by atoms with Crippen molar-refractivity contribution in [3.05, 3.63) is 33.8 Å². The normalized spacial score (nSPS) is 11.8. The second kappa shape index (κ2) is 6.60. The minimum Gasteiger partial charge on any atom is -0.311 e. The van der Waals surface area contributed by atoms with Crippen molar-refractivity contribution in [2.45, 2.75) is 32.9 Å². The molecule has 0 spiro atoms. The van der Waals surface area contributed by atoms with Crippen molar-refractivity contribution in [3.8, 4) is 0 Å². The predicted molar refractivity (Wildman–Crippen MR) is 75.9 cm³/mol. The van der Waals surface area contributed by atoms with Crippen LogP contribution in [-0.4, -0.2) is 18.6 Å². The maximum Gasteiger partial charge on any atom is 0.0424 e. The molecule has 0 amide bonds. The first kappa shape index (κ1) is 14.8. The van der Waals surface area contributed by atoms with Gasteiger partial charge in [-0.2, -0.15) is 0 Å². The van der Waals surface area contributed by atoms with Gasteiger partial charge >= 0.3 is 0 Å². The van der Waals surface area contributed by atoms with E-state index < -0.39 is 0 Å². The Kier molecular flexibility index (Phi) is 5.74. The molecule has 0 heterocycles. The van der Waals surface area contributed by atoms with Gasteiger partial charge in [0.1, 0.15) is 0 Å². The van der Waals surface area contributed by atoms with Crippen LogP contribution in [0.5, 0.6) is 0 Å². The van der Waals surface area contributed by atoms with Gasteiger partial charge in [-0.25, -0.2) is 0 Å². The van der Waals surface area contributed by atoms with Gasteiger partial charge in [-0.1, -0.05) is 23.2 Å². The van der Waals surface area contributed by atoms with Gasteiger partial charge in [-0.15, -0.1) is 0 Å². The lowest BCUT2D eigenvalue weighted by atomic mass is 10.1. The molecule has 2 N–H and O–H groups in total. The Hall–Kier alpha value is -0.280. The summed E-state index contributed by atoms with van der Waals surface area (Å²) in [6.07, 6.45) is 0. The molecular formula is C13H20Cl2N2. The molecule has 96 valence electrons. The monoisotopic (exact) mass is 274 g/mol. The Balaban J connectivity index is 2.27. The molecule has 0 saturated heterocycles. The van der Waals surface area contributed by atoms with E-state index in [-0.39, 0.29) is 5.54 Å². The molecule has 0 atom stereocenters. The molecule has 0 fully saturated rings. The zero-order chi connectivity index (χ0) is 12.9. The van der Waals surface area contributed by atoms with E-state index in [2.05, 4.69) is 31.4 Å². The molecule has 4 heteroatoms. The average molecular weight is 275 g/mol. The summed E-state index contributed by atoms with van der Waals surface area (Å²) in [4.78, 5) is 0. The van der Waals surface area contributed by atoms with Crippen LogP contribution in [0.2, 0.25) is 10.0 Å². The van der Waals surface area contributed by atoms with Gasteiger partial charge in [-0.3, -0.25) is 0 Å². The fourth-order valence-electron chi connectivity index (χ4n) is 1.47. The number of benzene rings is 1. The van der Waals surface area contributed by atoms with Crippen molar-refractivity contribution in [2.24, 2.45) is 0 Å². The van der Waals surface area contributed by atoms with E-state index in [0.717, 1.165) is 25.2 Å².